The first kappa shape index (κ1) is 13.8. The van der Waals surface area contributed by atoms with E-state index in [9.17, 15) is 4.79 Å². The van der Waals surface area contributed by atoms with Gasteiger partial charge in [-0.05, 0) is 38.0 Å². The number of ether oxygens (including phenoxy) is 1. The van der Waals surface area contributed by atoms with Crippen LogP contribution < -0.4 is 11.5 Å². The summed E-state index contributed by atoms with van der Waals surface area (Å²) in [6, 6.07) is 0. The number of carbonyl (C=O) groups is 1. The molecule has 1 aliphatic rings. The number of nitrogens with zero attached hydrogens (tertiary/aromatic N) is 1. The number of aliphatic imine (C=N–C) groups is 1. The fraction of sp³-hybridized carbons (Fsp3) is 0.833. The Morgan fingerprint density at radius 1 is 1.29 bits per heavy atom. The molecule has 5 nitrogen and oxygen atoms in total. The van der Waals surface area contributed by atoms with Crippen LogP contribution >= 0.6 is 0 Å². The molecule has 4 N–H and O–H groups in total. The third-order valence-corrected chi connectivity index (χ3v) is 3.16. The van der Waals surface area contributed by atoms with E-state index >= 15 is 0 Å². The minimum atomic E-state index is -0.0351. The van der Waals surface area contributed by atoms with E-state index in [1.165, 1.54) is 0 Å². The van der Waals surface area contributed by atoms with Crippen molar-refractivity contribution in [3.8, 4) is 0 Å². The van der Waals surface area contributed by atoms with Gasteiger partial charge in [0, 0.05) is 6.54 Å². The molecule has 1 aliphatic carbocycles. The number of hydrogen-bond donors (Lipinski definition) is 2. The summed E-state index contributed by atoms with van der Waals surface area (Å²) >= 11 is 0. The van der Waals surface area contributed by atoms with Crippen LogP contribution in [0, 0.1) is 11.8 Å². The Labute approximate surface area is 103 Å². The van der Waals surface area contributed by atoms with Crippen molar-refractivity contribution in [3.63, 3.8) is 0 Å². The molecular weight excluding hydrogens is 218 g/mol. The van der Waals surface area contributed by atoms with Crippen molar-refractivity contribution in [1.29, 1.82) is 0 Å². The van der Waals surface area contributed by atoms with Crippen LogP contribution in [0.4, 0.5) is 0 Å². The van der Waals surface area contributed by atoms with Gasteiger partial charge in [-0.2, -0.15) is 0 Å². The quantitative estimate of drug-likeness (QED) is 0.427. The molecular formula is C12H23N3O2. The highest BCUT2D eigenvalue weighted by Crippen LogP contribution is 2.29. The highest BCUT2D eigenvalue weighted by molar-refractivity contribution is 5.75. The largest absolute Gasteiger partial charge is 0.465 e. The zero-order valence-electron chi connectivity index (χ0n) is 10.5. The Hall–Kier alpha value is -1.26. The number of nitrogens with two attached hydrogens (primary N) is 2. The number of esters is 1. The van der Waals surface area contributed by atoms with Crippen LogP contribution in [-0.2, 0) is 9.53 Å². The SMILES string of the molecule is CCCOC(=O)C1CCC(CN=C(N)N)CC1. The van der Waals surface area contributed by atoms with E-state index in [0.29, 0.717) is 19.1 Å². The third-order valence-electron chi connectivity index (χ3n) is 3.16. The van der Waals surface area contributed by atoms with Gasteiger partial charge in [-0.3, -0.25) is 9.79 Å². The molecule has 0 aromatic heterocycles. The molecule has 98 valence electrons. The Balaban J connectivity index is 2.25. The van der Waals surface area contributed by atoms with Gasteiger partial charge in [0.25, 0.3) is 0 Å². The van der Waals surface area contributed by atoms with E-state index in [1.54, 1.807) is 0 Å². The topological polar surface area (TPSA) is 90.7 Å². The first-order chi connectivity index (χ1) is 8.13. The fourth-order valence-electron chi connectivity index (χ4n) is 2.14. The Morgan fingerprint density at radius 2 is 1.94 bits per heavy atom. The Morgan fingerprint density at radius 3 is 2.47 bits per heavy atom. The van der Waals surface area contributed by atoms with Gasteiger partial charge in [0.05, 0.1) is 12.5 Å². The molecule has 0 heterocycles. The summed E-state index contributed by atoms with van der Waals surface area (Å²) < 4.78 is 5.16. The van der Waals surface area contributed by atoms with Gasteiger partial charge in [0.2, 0.25) is 0 Å². The van der Waals surface area contributed by atoms with Crippen LogP contribution in [0.25, 0.3) is 0 Å². The van der Waals surface area contributed by atoms with E-state index in [-0.39, 0.29) is 17.8 Å². The molecule has 0 aromatic carbocycles. The zero-order valence-corrected chi connectivity index (χ0v) is 10.5. The highest BCUT2D eigenvalue weighted by atomic mass is 16.5. The second-order valence-electron chi connectivity index (χ2n) is 4.65. The van der Waals surface area contributed by atoms with Crippen molar-refractivity contribution in [1.82, 2.24) is 0 Å². The number of hydrogen-bond acceptors (Lipinski definition) is 3. The molecule has 17 heavy (non-hydrogen) atoms. The molecule has 0 bridgehead atoms. The van der Waals surface area contributed by atoms with E-state index < -0.39 is 0 Å². The van der Waals surface area contributed by atoms with Crippen molar-refractivity contribution >= 4 is 11.9 Å². The average Bonchev–Trinajstić information content (AvgIpc) is 2.34. The molecule has 1 rings (SSSR count). The molecule has 0 unspecified atom stereocenters. The second kappa shape index (κ2) is 7.14. The minimum absolute atomic E-state index is 0.0351. The van der Waals surface area contributed by atoms with E-state index in [0.717, 1.165) is 32.1 Å². The van der Waals surface area contributed by atoms with Crippen molar-refractivity contribution in [2.24, 2.45) is 28.3 Å². The van der Waals surface area contributed by atoms with Crippen molar-refractivity contribution in [2.75, 3.05) is 13.2 Å². The Bertz CT molecular complexity index is 267. The molecule has 0 atom stereocenters. The molecule has 0 spiro atoms. The van der Waals surface area contributed by atoms with Gasteiger partial charge < -0.3 is 16.2 Å². The minimum Gasteiger partial charge on any atom is -0.465 e. The van der Waals surface area contributed by atoms with Crippen LogP contribution in [0.2, 0.25) is 0 Å². The van der Waals surface area contributed by atoms with Gasteiger partial charge in [-0.15, -0.1) is 0 Å². The maximum atomic E-state index is 11.6. The second-order valence-corrected chi connectivity index (χ2v) is 4.65. The first-order valence-electron chi connectivity index (χ1n) is 6.35. The summed E-state index contributed by atoms with van der Waals surface area (Å²) in [5, 5.41) is 0. The lowest BCUT2D eigenvalue weighted by molar-refractivity contribution is -0.149. The monoisotopic (exact) mass is 241 g/mol. The third kappa shape index (κ3) is 5.06. The summed E-state index contributed by atoms with van der Waals surface area (Å²) in [5.41, 5.74) is 10.6. The normalized spacial score (nSPS) is 24.1. The van der Waals surface area contributed by atoms with E-state index in [1.807, 2.05) is 6.92 Å². The van der Waals surface area contributed by atoms with Gasteiger partial charge in [-0.1, -0.05) is 6.92 Å². The van der Waals surface area contributed by atoms with Gasteiger partial charge in [0.1, 0.15) is 0 Å². The van der Waals surface area contributed by atoms with Crippen LogP contribution in [-0.4, -0.2) is 25.1 Å². The van der Waals surface area contributed by atoms with Crippen molar-refractivity contribution in [3.05, 3.63) is 0 Å². The van der Waals surface area contributed by atoms with E-state index in [2.05, 4.69) is 4.99 Å². The maximum Gasteiger partial charge on any atom is 0.308 e. The molecule has 0 amide bonds. The molecule has 0 aromatic rings. The molecule has 0 aliphatic heterocycles. The average molecular weight is 241 g/mol. The van der Waals surface area contributed by atoms with Gasteiger partial charge in [-0.25, -0.2) is 0 Å². The van der Waals surface area contributed by atoms with Gasteiger partial charge in [0.15, 0.2) is 5.96 Å². The zero-order chi connectivity index (χ0) is 12.7. The molecule has 0 radical (unpaired) electrons. The lowest BCUT2D eigenvalue weighted by atomic mass is 9.82. The summed E-state index contributed by atoms with van der Waals surface area (Å²) in [6.07, 6.45) is 4.68. The lowest BCUT2D eigenvalue weighted by Gasteiger charge is -2.26. The molecule has 5 heteroatoms. The number of rotatable bonds is 5. The molecule has 1 saturated carbocycles. The molecule has 0 saturated heterocycles. The standard InChI is InChI=1S/C12H23N3O2/c1-2-7-17-11(16)10-5-3-9(4-6-10)8-15-12(13)14/h9-10H,2-8H2,1H3,(H4,13,14,15). The van der Waals surface area contributed by atoms with Crippen molar-refractivity contribution < 1.29 is 9.53 Å². The summed E-state index contributed by atoms with van der Waals surface area (Å²) in [6.45, 7) is 3.21. The Kier molecular flexibility index (Phi) is 5.80. The van der Waals surface area contributed by atoms with Crippen molar-refractivity contribution in [2.45, 2.75) is 39.0 Å². The smallest absolute Gasteiger partial charge is 0.308 e. The summed E-state index contributed by atoms with van der Waals surface area (Å²) in [4.78, 5) is 15.7. The van der Waals surface area contributed by atoms with Crippen LogP contribution in [0.3, 0.4) is 0 Å². The van der Waals surface area contributed by atoms with Crippen LogP contribution in [0.5, 0.6) is 0 Å². The highest BCUT2D eigenvalue weighted by Gasteiger charge is 2.26. The van der Waals surface area contributed by atoms with E-state index in [4.69, 9.17) is 16.2 Å². The predicted molar refractivity (Wildman–Crippen MR) is 67.4 cm³/mol. The summed E-state index contributed by atoms with van der Waals surface area (Å²) in [5.74, 6) is 0.700. The van der Waals surface area contributed by atoms with Crippen LogP contribution in [0.1, 0.15) is 39.0 Å². The molecule has 1 fully saturated rings. The lowest BCUT2D eigenvalue weighted by Crippen LogP contribution is -2.27. The maximum absolute atomic E-state index is 11.6. The number of guanidine groups is 1. The van der Waals surface area contributed by atoms with Crippen LogP contribution in [0.15, 0.2) is 4.99 Å². The number of carbonyl (C=O) groups excluding carboxylic acids is 1. The summed E-state index contributed by atoms with van der Waals surface area (Å²) in [7, 11) is 0. The fourth-order valence-corrected chi connectivity index (χ4v) is 2.14. The van der Waals surface area contributed by atoms with Gasteiger partial charge >= 0.3 is 5.97 Å². The first-order valence-corrected chi connectivity index (χ1v) is 6.35. The predicted octanol–water partition coefficient (Wildman–Crippen LogP) is 1.02.